The van der Waals surface area contributed by atoms with Crippen LogP contribution in [0, 0.1) is 6.92 Å². The Labute approximate surface area is 135 Å². The Hall–Kier alpha value is -3.00. The van der Waals surface area contributed by atoms with Crippen LogP contribution >= 0.6 is 11.3 Å². The minimum absolute atomic E-state index is 0.403. The van der Waals surface area contributed by atoms with Crippen LogP contribution in [0.2, 0.25) is 0 Å². The molecule has 8 heteroatoms. The quantitative estimate of drug-likeness (QED) is 0.599. The Morgan fingerprint density at radius 1 is 0.957 bits per heavy atom. The summed E-state index contributed by atoms with van der Waals surface area (Å²) in [5.74, 6) is 1.48. The Kier molecular flexibility index (Phi) is 3.16. The van der Waals surface area contributed by atoms with Gasteiger partial charge in [-0.25, -0.2) is 0 Å². The second-order valence-electron chi connectivity index (χ2n) is 4.92. The number of nitrogen functional groups attached to an aromatic ring is 1. The molecular formula is C15H12N6OS. The van der Waals surface area contributed by atoms with Gasteiger partial charge in [0.2, 0.25) is 11.8 Å². The highest BCUT2D eigenvalue weighted by Gasteiger charge is 2.12. The molecule has 3 aromatic heterocycles. The van der Waals surface area contributed by atoms with Crippen LogP contribution in [0.25, 0.3) is 32.5 Å². The number of aromatic nitrogens is 5. The van der Waals surface area contributed by atoms with Gasteiger partial charge in [0.05, 0.1) is 4.88 Å². The molecule has 0 aliphatic carbocycles. The van der Waals surface area contributed by atoms with E-state index < -0.39 is 0 Å². The van der Waals surface area contributed by atoms with Crippen LogP contribution in [0.4, 0.5) is 5.82 Å². The highest BCUT2D eigenvalue weighted by Crippen LogP contribution is 2.35. The molecule has 23 heavy (non-hydrogen) atoms. The fraction of sp³-hybridized carbons (Fsp3) is 0.0667. The normalized spacial score (nSPS) is 11.0. The lowest BCUT2D eigenvalue weighted by molar-refractivity contribution is 0.533. The van der Waals surface area contributed by atoms with Crippen LogP contribution in [0.5, 0.6) is 0 Å². The summed E-state index contributed by atoms with van der Waals surface area (Å²) in [6.45, 7) is 1.77. The van der Waals surface area contributed by atoms with E-state index in [1.54, 1.807) is 18.3 Å². The Morgan fingerprint density at radius 2 is 1.70 bits per heavy atom. The van der Waals surface area contributed by atoms with E-state index in [9.17, 15) is 0 Å². The van der Waals surface area contributed by atoms with Crippen molar-refractivity contribution in [2.75, 3.05) is 5.73 Å². The minimum Gasteiger partial charge on any atom is -0.421 e. The summed E-state index contributed by atoms with van der Waals surface area (Å²) in [5.41, 5.74) is 8.46. The van der Waals surface area contributed by atoms with Gasteiger partial charge in [0.1, 0.15) is 5.69 Å². The first-order valence-electron chi connectivity index (χ1n) is 6.88. The lowest BCUT2D eigenvalue weighted by atomic mass is 10.1. The number of H-pyrrole nitrogens is 1. The first kappa shape index (κ1) is 13.6. The molecule has 0 spiro atoms. The number of thiophene rings is 1. The molecule has 0 atom stereocenters. The smallest absolute Gasteiger partial charge is 0.247 e. The number of hydrogen-bond donors (Lipinski definition) is 2. The highest BCUT2D eigenvalue weighted by molar-refractivity contribution is 7.18. The fourth-order valence-electron chi connectivity index (χ4n) is 2.23. The van der Waals surface area contributed by atoms with Crippen molar-refractivity contribution in [3.63, 3.8) is 0 Å². The van der Waals surface area contributed by atoms with Crippen molar-refractivity contribution in [3.8, 4) is 32.5 Å². The summed E-state index contributed by atoms with van der Waals surface area (Å²) in [4.78, 5) is 2.10. The maximum Gasteiger partial charge on any atom is 0.247 e. The summed E-state index contributed by atoms with van der Waals surface area (Å²) >= 11 is 1.61. The Bertz CT molecular complexity index is 952. The number of aryl methyl sites for hydroxylation is 1. The second-order valence-corrected chi connectivity index (χ2v) is 6.01. The number of nitrogens with zero attached hydrogens (tertiary/aromatic N) is 4. The molecule has 114 valence electrons. The van der Waals surface area contributed by atoms with Gasteiger partial charge in [-0.15, -0.1) is 26.6 Å². The molecule has 0 bridgehead atoms. The number of benzene rings is 1. The molecule has 0 unspecified atom stereocenters. The molecule has 4 aromatic rings. The van der Waals surface area contributed by atoms with Crippen molar-refractivity contribution in [3.05, 3.63) is 42.3 Å². The molecule has 0 aliphatic heterocycles. The predicted octanol–water partition coefficient (Wildman–Crippen LogP) is 3.14. The van der Waals surface area contributed by atoms with Crippen LogP contribution < -0.4 is 5.73 Å². The van der Waals surface area contributed by atoms with Gasteiger partial charge in [-0.2, -0.15) is 10.3 Å². The first-order chi connectivity index (χ1) is 11.2. The number of rotatable bonds is 3. The zero-order valence-electron chi connectivity index (χ0n) is 12.1. The van der Waals surface area contributed by atoms with E-state index in [0.717, 1.165) is 20.9 Å². The van der Waals surface area contributed by atoms with Gasteiger partial charge < -0.3 is 10.2 Å². The highest BCUT2D eigenvalue weighted by atomic mass is 32.1. The molecule has 3 N–H and O–H groups in total. The Balaban J connectivity index is 1.64. The zero-order chi connectivity index (χ0) is 15.8. The third-order valence-electron chi connectivity index (χ3n) is 3.36. The average Bonchev–Trinajstić information content (AvgIpc) is 3.28. The van der Waals surface area contributed by atoms with E-state index in [4.69, 9.17) is 10.2 Å². The van der Waals surface area contributed by atoms with Crippen LogP contribution in [0.3, 0.4) is 0 Å². The van der Waals surface area contributed by atoms with Crippen LogP contribution in [-0.2, 0) is 0 Å². The summed E-state index contributed by atoms with van der Waals surface area (Å²) in [5, 5.41) is 18.3. The van der Waals surface area contributed by atoms with E-state index in [0.29, 0.717) is 23.3 Å². The number of anilines is 1. The van der Waals surface area contributed by atoms with Crippen molar-refractivity contribution in [1.82, 2.24) is 25.6 Å². The maximum absolute atomic E-state index is 5.79. The van der Waals surface area contributed by atoms with Crippen LogP contribution in [0.1, 0.15) is 5.89 Å². The number of aromatic amines is 1. The SMILES string of the molecule is Cc1nnc(-c2ccc(-c3ccc(-c4n[nH]nc4N)s3)cc2)o1. The van der Waals surface area contributed by atoms with E-state index >= 15 is 0 Å². The monoisotopic (exact) mass is 324 g/mol. The standard InChI is InChI=1S/C15H12N6OS/c1-8-17-20-15(22-8)10-4-2-9(3-5-10)11-6-7-12(23-11)13-14(16)19-21-18-13/h2-7H,1H3,(H3,16,18,19,21). The third kappa shape index (κ3) is 2.49. The first-order valence-corrected chi connectivity index (χ1v) is 7.70. The molecule has 0 saturated heterocycles. The van der Waals surface area contributed by atoms with Crippen LogP contribution in [0.15, 0.2) is 40.8 Å². The summed E-state index contributed by atoms with van der Waals surface area (Å²) in [7, 11) is 0. The fourth-order valence-corrected chi connectivity index (χ4v) is 3.24. The molecule has 4 rings (SSSR count). The van der Waals surface area contributed by atoms with Crippen LogP contribution in [-0.4, -0.2) is 25.6 Å². The average molecular weight is 324 g/mol. The molecule has 0 radical (unpaired) electrons. The Morgan fingerprint density at radius 3 is 2.35 bits per heavy atom. The molecule has 1 aromatic carbocycles. The van der Waals surface area contributed by atoms with Gasteiger partial charge in [0.15, 0.2) is 5.82 Å². The molecular weight excluding hydrogens is 312 g/mol. The predicted molar refractivity (Wildman–Crippen MR) is 87.6 cm³/mol. The topological polar surface area (TPSA) is 107 Å². The van der Waals surface area contributed by atoms with E-state index in [2.05, 4.69) is 25.6 Å². The molecule has 0 aliphatic rings. The second kappa shape index (κ2) is 5.33. The van der Waals surface area contributed by atoms with E-state index in [1.165, 1.54) is 0 Å². The van der Waals surface area contributed by atoms with Gasteiger partial charge in [-0.3, -0.25) is 0 Å². The molecule has 0 fully saturated rings. The van der Waals surface area contributed by atoms with E-state index in [1.807, 2.05) is 36.4 Å². The lowest BCUT2D eigenvalue weighted by Gasteiger charge is -1.99. The van der Waals surface area contributed by atoms with E-state index in [-0.39, 0.29) is 0 Å². The van der Waals surface area contributed by atoms with Crippen molar-refractivity contribution in [2.45, 2.75) is 6.92 Å². The van der Waals surface area contributed by atoms with Crippen molar-refractivity contribution < 1.29 is 4.42 Å². The van der Waals surface area contributed by atoms with Gasteiger partial charge >= 0.3 is 0 Å². The van der Waals surface area contributed by atoms with Gasteiger partial charge in [-0.1, -0.05) is 12.1 Å². The third-order valence-corrected chi connectivity index (χ3v) is 4.50. The molecule has 0 saturated carbocycles. The van der Waals surface area contributed by atoms with Gasteiger partial charge in [0.25, 0.3) is 0 Å². The number of nitrogens with one attached hydrogen (secondary N) is 1. The molecule has 3 heterocycles. The lowest BCUT2D eigenvalue weighted by Crippen LogP contribution is -1.86. The van der Waals surface area contributed by atoms with Crippen molar-refractivity contribution >= 4 is 17.2 Å². The van der Waals surface area contributed by atoms with Gasteiger partial charge in [-0.05, 0) is 29.8 Å². The summed E-state index contributed by atoms with van der Waals surface area (Å²) in [6, 6.07) is 12.0. The minimum atomic E-state index is 0.403. The van der Waals surface area contributed by atoms with Crippen molar-refractivity contribution in [2.24, 2.45) is 0 Å². The maximum atomic E-state index is 5.79. The zero-order valence-corrected chi connectivity index (χ0v) is 13.0. The van der Waals surface area contributed by atoms with Crippen molar-refractivity contribution in [1.29, 1.82) is 0 Å². The largest absolute Gasteiger partial charge is 0.421 e. The molecule has 7 nitrogen and oxygen atoms in total. The van der Waals surface area contributed by atoms with Gasteiger partial charge in [0, 0.05) is 17.4 Å². The number of hydrogen-bond acceptors (Lipinski definition) is 7. The summed E-state index contributed by atoms with van der Waals surface area (Å²) in [6.07, 6.45) is 0. The summed E-state index contributed by atoms with van der Waals surface area (Å²) < 4.78 is 5.43. The molecule has 0 amide bonds. The number of nitrogens with two attached hydrogens (primary N) is 1.